The first kappa shape index (κ1) is 14.8. The average molecular weight is 331 g/mol. The Bertz CT molecular complexity index is 979. The molecule has 122 valence electrons. The molecule has 0 unspecified atom stereocenters. The summed E-state index contributed by atoms with van der Waals surface area (Å²) in [5.74, 6) is -0.271. The number of nitrogens with zero attached hydrogens (tertiary/aromatic N) is 5. The zero-order chi connectivity index (χ0) is 17.1. The first-order valence-corrected chi connectivity index (χ1v) is 7.57. The Kier molecular flexibility index (Phi) is 3.76. The Morgan fingerprint density at radius 3 is 2.40 bits per heavy atom. The number of nitrogens with one attached hydrogen (secondary N) is 2. The van der Waals surface area contributed by atoms with E-state index in [-0.39, 0.29) is 11.9 Å². The predicted octanol–water partition coefficient (Wildman–Crippen LogP) is 2.30. The molecule has 0 saturated heterocycles. The van der Waals surface area contributed by atoms with E-state index < -0.39 is 0 Å². The SMILES string of the molecule is O=C(Nc1nn[nH]n1)c1cc(-c2ccccc2)nn1-c1ccccc1. The van der Waals surface area contributed by atoms with Crippen LogP contribution >= 0.6 is 0 Å². The van der Waals surface area contributed by atoms with Crippen molar-refractivity contribution < 1.29 is 4.79 Å². The number of rotatable bonds is 4. The molecule has 4 rings (SSSR count). The van der Waals surface area contributed by atoms with Gasteiger partial charge in [-0.05, 0) is 23.4 Å². The van der Waals surface area contributed by atoms with E-state index in [1.165, 1.54) is 0 Å². The molecule has 0 fully saturated rings. The maximum absolute atomic E-state index is 12.7. The van der Waals surface area contributed by atoms with Gasteiger partial charge in [0.2, 0.25) is 0 Å². The van der Waals surface area contributed by atoms with Crippen LogP contribution in [0.3, 0.4) is 0 Å². The molecule has 25 heavy (non-hydrogen) atoms. The molecule has 0 saturated carbocycles. The first-order valence-electron chi connectivity index (χ1n) is 7.57. The minimum atomic E-state index is -0.375. The molecule has 0 radical (unpaired) electrons. The van der Waals surface area contributed by atoms with Crippen LogP contribution in [0.1, 0.15) is 10.5 Å². The van der Waals surface area contributed by atoms with E-state index in [2.05, 4.69) is 31.0 Å². The number of aromatic amines is 1. The van der Waals surface area contributed by atoms with Crippen LogP contribution in [0.25, 0.3) is 16.9 Å². The molecule has 0 bridgehead atoms. The van der Waals surface area contributed by atoms with Crippen molar-refractivity contribution in [1.29, 1.82) is 0 Å². The summed E-state index contributed by atoms with van der Waals surface area (Å²) in [7, 11) is 0. The normalized spacial score (nSPS) is 10.6. The molecule has 0 atom stereocenters. The molecule has 8 nitrogen and oxygen atoms in total. The fraction of sp³-hybridized carbons (Fsp3) is 0. The molecule has 8 heteroatoms. The average Bonchev–Trinajstić information content (AvgIpc) is 3.33. The van der Waals surface area contributed by atoms with Crippen LogP contribution in [0.2, 0.25) is 0 Å². The van der Waals surface area contributed by atoms with Crippen LogP contribution in [0.15, 0.2) is 66.7 Å². The molecule has 0 aliphatic rings. The lowest BCUT2D eigenvalue weighted by Crippen LogP contribution is -2.17. The summed E-state index contributed by atoms with van der Waals surface area (Å²) >= 11 is 0. The second-order valence-corrected chi connectivity index (χ2v) is 5.22. The van der Waals surface area contributed by atoms with Crippen LogP contribution in [-0.4, -0.2) is 36.3 Å². The number of benzene rings is 2. The van der Waals surface area contributed by atoms with Crippen molar-refractivity contribution in [2.45, 2.75) is 0 Å². The number of carbonyl (C=O) groups excluding carboxylic acids is 1. The second kappa shape index (κ2) is 6.36. The number of hydrogen-bond acceptors (Lipinski definition) is 5. The monoisotopic (exact) mass is 331 g/mol. The van der Waals surface area contributed by atoms with Crippen molar-refractivity contribution >= 4 is 11.9 Å². The number of para-hydroxylation sites is 1. The molecule has 2 N–H and O–H groups in total. The van der Waals surface area contributed by atoms with Gasteiger partial charge in [-0.25, -0.2) is 4.68 Å². The second-order valence-electron chi connectivity index (χ2n) is 5.22. The molecule has 2 aromatic carbocycles. The van der Waals surface area contributed by atoms with Crippen LogP contribution < -0.4 is 5.32 Å². The third kappa shape index (κ3) is 3.00. The number of tetrazole rings is 1. The molecular formula is C17H13N7O. The van der Waals surface area contributed by atoms with Crippen molar-refractivity contribution in [3.8, 4) is 16.9 Å². The smallest absolute Gasteiger partial charge is 0.276 e. The maximum Gasteiger partial charge on any atom is 0.276 e. The summed E-state index contributed by atoms with van der Waals surface area (Å²) in [5, 5.41) is 20.4. The highest BCUT2D eigenvalue weighted by molar-refractivity contribution is 6.03. The summed E-state index contributed by atoms with van der Waals surface area (Å²) in [6, 6.07) is 20.9. The highest BCUT2D eigenvalue weighted by Gasteiger charge is 2.18. The van der Waals surface area contributed by atoms with Crippen LogP contribution in [0, 0.1) is 0 Å². The zero-order valence-electron chi connectivity index (χ0n) is 13.0. The first-order chi connectivity index (χ1) is 12.3. The number of hydrogen-bond donors (Lipinski definition) is 2. The maximum atomic E-state index is 12.7. The lowest BCUT2D eigenvalue weighted by atomic mass is 10.1. The molecule has 4 aromatic rings. The quantitative estimate of drug-likeness (QED) is 0.597. The summed E-state index contributed by atoms with van der Waals surface area (Å²) in [6.07, 6.45) is 0. The number of H-pyrrole nitrogens is 1. The van der Waals surface area contributed by atoms with Gasteiger partial charge in [-0.2, -0.15) is 10.3 Å². The van der Waals surface area contributed by atoms with Crippen molar-refractivity contribution in [1.82, 2.24) is 30.4 Å². The Morgan fingerprint density at radius 2 is 1.72 bits per heavy atom. The van der Waals surface area contributed by atoms with Crippen LogP contribution in [-0.2, 0) is 0 Å². The van der Waals surface area contributed by atoms with Gasteiger partial charge in [0, 0.05) is 5.56 Å². The topological polar surface area (TPSA) is 101 Å². The van der Waals surface area contributed by atoms with E-state index in [0.717, 1.165) is 11.3 Å². The third-order valence-electron chi connectivity index (χ3n) is 3.58. The van der Waals surface area contributed by atoms with Gasteiger partial charge in [0.15, 0.2) is 0 Å². The van der Waals surface area contributed by atoms with Gasteiger partial charge in [0.05, 0.1) is 11.4 Å². The minimum Gasteiger partial charge on any atom is -0.286 e. The van der Waals surface area contributed by atoms with E-state index >= 15 is 0 Å². The van der Waals surface area contributed by atoms with Crippen molar-refractivity contribution in [2.24, 2.45) is 0 Å². The molecule has 0 spiro atoms. The largest absolute Gasteiger partial charge is 0.286 e. The highest BCUT2D eigenvalue weighted by Crippen LogP contribution is 2.22. The van der Waals surface area contributed by atoms with Gasteiger partial charge >= 0.3 is 0 Å². The third-order valence-corrected chi connectivity index (χ3v) is 3.58. The molecular weight excluding hydrogens is 318 g/mol. The van der Waals surface area contributed by atoms with Gasteiger partial charge in [-0.3, -0.25) is 10.1 Å². The van der Waals surface area contributed by atoms with Gasteiger partial charge in [-0.1, -0.05) is 53.6 Å². The summed E-state index contributed by atoms with van der Waals surface area (Å²) in [5.41, 5.74) is 2.77. The molecule has 1 amide bonds. The summed E-state index contributed by atoms with van der Waals surface area (Å²) < 4.78 is 1.59. The van der Waals surface area contributed by atoms with E-state index in [1.807, 2.05) is 60.7 Å². The van der Waals surface area contributed by atoms with Crippen molar-refractivity contribution in [3.05, 3.63) is 72.4 Å². The number of amides is 1. The van der Waals surface area contributed by atoms with Gasteiger partial charge < -0.3 is 0 Å². The van der Waals surface area contributed by atoms with E-state index in [0.29, 0.717) is 11.4 Å². The Morgan fingerprint density at radius 1 is 1.00 bits per heavy atom. The van der Waals surface area contributed by atoms with Gasteiger partial charge in [0.25, 0.3) is 11.9 Å². The fourth-order valence-corrected chi connectivity index (χ4v) is 2.44. The van der Waals surface area contributed by atoms with Crippen molar-refractivity contribution in [2.75, 3.05) is 5.32 Å². The molecule has 2 aromatic heterocycles. The number of aromatic nitrogens is 6. The molecule has 0 aliphatic heterocycles. The van der Waals surface area contributed by atoms with Gasteiger partial charge in [0.1, 0.15) is 5.69 Å². The Labute approximate surface area is 142 Å². The summed E-state index contributed by atoms with van der Waals surface area (Å²) in [4.78, 5) is 12.7. The Hall–Kier alpha value is -3.81. The van der Waals surface area contributed by atoms with Crippen LogP contribution in [0.4, 0.5) is 5.95 Å². The minimum absolute atomic E-state index is 0.104. The van der Waals surface area contributed by atoms with Crippen molar-refractivity contribution in [3.63, 3.8) is 0 Å². The summed E-state index contributed by atoms with van der Waals surface area (Å²) in [6.45, 7) is 0. The fourth-order valence-electron chi connectivity index (χ4n) is 2.44. The van der Waals surface area contributed by atoms with E-state index in [4.69, 9.17) is 0 Å². The van der Waals surface area contributed by atoms with E-state index in [1.54, 1.807) is 10.7 Å². The van der Waals surface area contributed by atoms with E-state index in [9.17, 15) is 4.79 Å². The Balaban J connectivity index is 1.78. The number of anilines is 1. The zero-order valence-corrected chi connectivity index (χ0v) is 13.0. The highest BCUT2D eigenvalue weighted by atomic mass is 16.2. The lowest BCUT2D eigenvalue weighted by molar-refractivity contribution is 0.101. The lowest BCUT2D eigenvalue weighted by Gasteiger charge is -2.06. The van der Waals surface area contributed by atoms with Gasteiger partial charge in [-0.15, -0.1) is 5.10 Å². The van der Waals surface area contributed by atoms with Crippen LogP contribution in [0.5, 0.6) is 0 Å². The predicted molar refractivity (Wildman–Crippen MR) is 91.1 cm³/mol. The number of carbonyl (C=O) groups is 1. The standard InChI is InChI=1S/C17H13N7O/c25-16(18-17-19-22-23-20-17)15-11-14(12-7-3-1-4-8-12)21-24(15)13-9-5-2-6-10-13/h1-11H,(H2,18,19,20,22,23,25). The molecule has 0 aliphatic carbocycles. The molecule has 2 heterocycles.